The molecule has 5 heteroatoms. The molecule has 0 saturated carbocycles. The number of pyridine rings is 1. The fraction of sp³-hybridized carbons (Fsp3) is 0.455. The number of aromatic nitrogens is 1. The summed E-state index contributed by atoms with van der Waals surface area (Å²) in [7, 11) is 0. The molecule has 0 aliphatic carbocycles. The molecule has 1 rings (SSSR count). The van der Waals surface area contributed by atoms with Crippen molar-refractivity contribution >= 4 is 17.6 Å². The summed E-state index contributed by atoms with van der Waals surface area (Å²) in [4.78, 5) is 15.5. The summed E-state index contributed by atoms with van der Waals surface area (Å²) < 4.78 is 10.3. The van der Waals surface area contributed by atoms with E-state index in [1.165, 1.54) is 12.4 Å². The Morgan fingerprint density at radius 1 is 1.62 bits per heavy atom. The van der Waals surface area contributed by atoms with E-state index in [-0.39, 0.29) is 11.7 Å². The molecule has 0 saturated heterocycles. The number of halogens is 1. The summed E-state index contributed by atoms with van der Waals surface area (Å²) in [6, 6.07) is 1.55. The van der Waals surface area contributed by atoms with E-state index in [4.69, 9.17) is 21.1 Å². The largest absolute Gasteiger partial charge is 0.457 e. The number of ether oxygens (including phenoxy) is 2. The highest BCUT2D eigenvalue weighted by atomic mass is 35.5. The first-order chi connectivity index (χ1) is 7.65. The average molecular weight is 244 g/mol. The number of hydrogen-bond acceptors (Lipinski definition) is 4. The Hall–Kier alpha value is -1.13. The smallest absolute Gasteiger partial charge is 0.341 e. The number of hydrogen-bond donors (Lipinski definition) is 0. The molecule has 88 valence electrons. The Morgan fingerprint density at radius 3 is 3.00 bits per heavy atom. The molecule has 1 heterocycles. The molecule has 0 N–H and O–H groups in total. The molecule has 0 spiro atoms. The van der Waals surface area contributed by atoms with E-state index in [1.807, 2.05) is 6.92 Å². The maximum Gasteiger partial charge on any atom is 0.341 e. The van der Waals surface area contributed by atoms with Gasteiger partial charge < -0.3 is 9.47 Å². The molecule has 0 radical (unpaired) electrons. The molecule has 0 fully saturated rings. The van der Waals surface area contributed by atoms with Crippen molar-refractivity contribution in [2.45, 2.75) is 20.0 Å². The first-order valence-corrected chi connectivity index (χ1v) is 5.41. The van der Waals surface area contributed by atoms with Gasteiger partial charge in [-0.2, -0.15) is 0 Å². The van der Waals surface area contributed by atoms with Crippen LogP contribution in [-0.4, -0.2) is 30.3 Å². The van der Waals surface area contributed by atoms with Gasteiger partial charge in [-0.15, -0.1) is 0 Å². The third-order valence-electron chi connectivity index (χ3n) is 1.85. The number of carbonyl (C=O) groups is 1. The zero-order chi connectivity index (χ0) is 12.0. The van der Waals surface area contributed by atoms with Crippen LogP contribution in [0.4, 0.5) is 0 Å². The minimum Gasteiger partial charge on any atom is -0.457 e. The molecule has 1 unspecified atom stereocenters. The summed E-state index contributed by atoms with van der Waals surface area (Å²) in [6.07, 6.45) is 2.60. The van der Waals surface area contributed by atoms with Crippen LogP contribution in [0.3, 0.4) is 0 Å². The molecule has 1 atom stereocenters. The first kappa shape index (κ1) is 12.9. The van der Waals surface area contributed by atoms with Crippen molar-refractivity contribution < 1.29 is 14.3 Å². The molecule has 0 bridgehead atoms. The van der Waals surface area contributed by atoms with Crippen LogP contribution in [-0.2, 0) is 9.47 Å². The molecule has 1 aromatic rings. The van der Waals surface area contributed by atoms with Gasteiger partial charge in [0.05, 0.1) is 17.2 Å². The van der Waals surface area contributed by atoms with Crippen molar-refractivity contribution in [3.63, 3.8) is 0 Å². The van der Waals surface area contributed by atoms with Crippen LogP contribution in [0.15, 0.2) is 18.5 Å². The predicted molar refractivity (Wildman–Crippen MR) is 60.6 cm³/mol. The van der Waals surface area contributed by atoms with Gasteiger partial charge in [0.2, 0.25) is 0 Å². The molecule has 4 nitrogen and oxygen atoms in total. The summed E-state index contributed by atoms with van der Waals surface area (Å²) >= 11 is 5.83. The summed E-state index contributed by atoms with van der Waals surface area (Å²) in [5.41, 5.74) is 0.271. The van der Waals surface area contributed by atoms with Crippen molar-refractivity contribution in [2.24, 2.45) is 0 Å². The first-order valence-electron chi connectivity index (χ1n) is 5.03. The van der Waals surface area contributed by atoms with Gasteiger partial charge in [0, 0.05) is 19.0 Å². The second-order valence-electron chi connectivity index (χ2n) is 3.23. The highest BCUT2D eigenvalue weighted by Crippen LogP contribution is 2.15. The molecule has 0 aliphatic rings. The Balaban J connectivity index is 2.56. The zero-order valence-electron chi connectivity index (χ0n) is 9.27. The molecular formula is C11H14ClNO3. The van der Waals surface area contributed by atoms with Crippen molar-refractivity contribution in [3.8, 4) is 0 Å². The topological polar surface area (TPSA) is 48.4 Å². The van der Waals surface area contributed by atoms with E-state index < -0.39 is 5.97 Å². The van der Waals surface area contributed by atoms with Gasteiger partial charge in [-0.05, 0) is 19.9 Å². The fourth-order valence-corrected chi connectivity index (χ4v) is 1.27. The van der Waals surface area contributed by atoms with Crippen LogP contribution in [0, 0.1) is 0 Å². The van der Waals surface area contributed by atoms with E-state index in [1.54, 1.807) is 13.0 Å². The second kappa shape index (κ2) is 6.45. The van der Waals surface area contributed by atoms with Gasteiger partial charge in [-0.1, -0.05) is 11.6 Å². The van der Waals surface area contributed by atoms with Crippen molar-refractivity contribution in [1.82, 2.24) is 4.98 Å². The average Bonchev–Trinajstić information content (AvgIpc) is 2.26. The van der Waals surface area contributed by atoms with E-state index >= 15 is 0 Å². The van der Waals surface area contributed by atoms with Crippen LogP contribution in [0.25, 0.3) is 0 Å². The lowest BCUT2D eigenvalue weighted by atomic mass is 10.3. The van der Waals surface area contributed by atoms with Crippen LogP contribution < -0.4 is 0 Å². The maximum atomic E-state index is 11.6. The molecule has 1 aromatic heterocycles. The van der Waals surface area contributed by atoms with Gasteiger partial charge in [-0.3, -0.25) is 4.98 Å². The summed E-state index contributed by atoms with van der Waals surface area (Å²) in [6.45, 7) is 4.61. The van der Waals surface area contributed by atoms with E-state index in [2.05, 4.69) is 4.98 Å². The number of esters is 1. The molecule has 16 heavy (non-hydrogen) atoms. The SMILES string of the molecule is CCOCC(C)OC(=O)c1cnccc1Cl. The molecular weight excluding hydrogens is 230 g/mol. The summed E-state index contributed by atoms with van der Waals surface area (Å²) in [5.74, 6) is -0.481. The van der Waals surface area contributed by atoms with E-state index in [0.29, 0.717) is 18.2 Å². The maximum absolute atomic E-state index is 11.6. The zero-order valence-corrected chi connectivity index (χ0v) is 10.0. The minimum absolute atomic E-state index is 0.271. The second-order valence-corrected chi connectivity index (χ2v) is 3.64. The quantitative estimate of drug-likeness (QED) is 0.745. The van der Waals surface area contributed by atoms with E-state index in [9.17, 15) is 4.79 Å². The Bertz CT molecular complexity index is 357. The van der Waals surface area contributed by atoms with Crippen LogP contribution in [0.1, 0.15) is 24.2 Å². The molecule has 0 aromatic carbocycles. The van der Waals surface area contributed by atoms with Crippen molar-refractivity contribution in [1.29, 1.82) is 0 Å². The van der Waals surface area contributed by atoms with Gasteiger partial charge in [0.15, 0.2) is 0 Å². The highest BCUT2D eigenvalue weighted by Gasteiger charge is 2.15. The van der Waals surface area contributed by atoms with Gasteiger partial charge in [0.25, 0.3) is 0 Å². The lowest BCUT2D eigenvalue weighted by Crippen LogP contribution is -2.20. The van der Waals surface area contributed by atoms with Gasteiger partial charge in [0.1, 0.15) is 6.10 Å². The highest BCUT2D eigenvalue weighted by molar-refractivity contribution is 6.33. The van der Waals surface area contributed by atoms with Gasteiger partial charge >= 0.3 is 5.97 Å². The Morgan fingerprint density at radius 2 is 2.38 bits per heavy atom. The minimum atomic E-state index is -0.481. The number of carbonyl (C=O) groups excluding carboxylic acids is 1. The monoisotopic (exact) mass is 243 g/mol. The van der Waals surface area contributed by atoms with Crippen molar-refractivity contribution in [2.75, 3.05) is 13.2 Å². The van der Waals surface area contributed by atoms with Crippen LogP contribution in [0.5, 0.6) is 0 Å². The third-order valence-corrected chi connectivity index (χ3v) is 2.18. The predicted octanol–water partition coefficient (Wildman–Crippen LogP) is 2.32. The Kier molecular flexibility index (Phi) is 5.22. The van der Waals surface area contributed by atoms with Crippen LogP contribution in [0.2, 0.25) is 5.02 Å². The molecule has 0 aliphatic heterocycles. The molecule has 0 amide bonds. The normalized spacial score (nSPS) is 12.2. The third kappa shape index (κ3) is 3.79. The lowest BCUT2D eigenvalue weighted by molar-refractivity contribution is 0.00437. The number of rotatable bonds is 5. The van der Waals surface area contributed by atoms with Crippen LogP contribution >= 0.6 is 11.6 Å². The summed E-state index contributed by atoms with van der Waals surface area (Å²) in [5, 5.41) is 0.337. The van der Waals surface area contributed by atoms with Crippen molar-refractivity contribution in [3.05, 3.63) is 29.0 Å². The Labute approximate surface area is 99.5 Å². The standard InChI is InChI=1S/C11H14ClNO3/c1-3-15-7-8(2)16-11(14)9-6-13-5-4-10(9)12/h4-6,8H,3,7H2,1-2H3. The number of nitrogens with zero attached hydrogens (tertiary/aromatic N) is 1. The van der Waals surface area contributed by atoms with E-state index in [0.717, 1.165) is 0 Å². The lowest BCUT2D eigenvalue weighted by Gasteiger charge is -2.13. The fourth-order valence-electron chi connectivity index (χ4n) is 1.09. The van der Waals surface area contributed by atoms with Gasteiger partial charge in [-0.25, -0.2) is 4.79 Å².